The number of hydrogen-bond donors (Lipinski definition) is 2. The van der Waals surface area contributed by atoms with Gasteiger partial charge in [0.15, 0.2) is 0 Å². The monoisotopic (exact) mass is 355 g/mol. The van der Waals surface area contributed by atoms with Crippen molar-refractivity contribution in [2.75, 3.05) is 13.7 Å². The van der Waals surface area contributed by atoms with Gasteiger partial charge in [0.2, 0.25) is 5.82 Å². The molecule has 0 fully saturated rings. The van der Waals surface area contributed by atoms with Gasteiger partial charge in [-0.1, -0.05) is 6.07 Å². The maximum Gasteiger partial charge on any atom is 0.449 e. The molecule has 0 amide bonds. The van der Waals surface area contributed by atoms with E-state index in [0.717, 1.165) is 0 Å². The molecule has 1 aliphatic rings. The summed E-state index contributed by atoms with van der Waals surface area (Å²) in [7, 11) is 1.48. The highest BCUT2D eigenvalue weighted by atomic mass is 19.4. The largest absolute Gasteiger partial charge is 0.507 e. The van der Waals surface area contributed by atoms with Crippen molar-refractivity contribution >= 4 is 0 Å². The highest BCUT2D eigenvalue weighted by Gasteiger charge is 2.36. The quantitative estimate of drug-likeness (QED) is 0.881. The molecule has 0 spiro atoms. The molecule has 2 aromatic rings. The van der Waals surface area contributed by atoms with E-state index in [4.69, 9.17) is 4.74 Å². The van der Waals surface area contributed by atoms with Gasteiger partial charge < -0.3 is 14.8 Å². The van der Waals surface area contributed by atoms with Crippen LogP contribution in [0.3, 0.4) is 0 Å². The van der Waals surface area contributed by atoms with Gasteiger partial charge >= 0.3 is 6.18 Å². The molecule has 1 aromatic carbocycles. The summed E-state index contributed by atoms with van der Waals surface area (Å²) >= 11 is 0. The number of nitrogens with one attached hydrogen (secondary N) is 1. The Hall–Kier alpha value is -2.55. The summed E-state index contributed by atoms with van der Waals surface area (Å²) in [5.41, 5.74) is 0.271. The maximum atomic E-state index is 12.8. The first kappa shape index (κ1) is 17.3. The van der Waals surface area contributed by atoms with Gasteiger partial charge in [0.25, 0.3) is 5.56 Å². The first-order valence-corrected chi connectivity index (χ1v) is 7.55. The Morgan fingerprint density at radius 3 is 2.80 bits per heavy atom. The Balaban J connectivity index is 1.83. The van der Waals surface area contributed by atoms with Crippen LogP contribution in [-0.4, -0.2) is 33.6 Å². The lowest BCUT2D eigenvalue weighted by atomic mass is 10.1. The predicted octanol–water partition coefficient (Wildman–Crippen LogP) is 2.06. The number of ether oxygens (including phenoxy) is 1. The molecule has 0 aliphatic carbocycles. The van der Waals surface area contributed by atoms with Crippen LogP contribution in [0, 0.1) is 0 Å². The summed E-state index contributed by atoms with van der Waals surface area (Å²) in [5.74, 6) is -0.737. The molecule has 0 bridgehead atoms. The van der Waals surface area contributed by atoms with Crippen LogP contribution in [0.4, 0.5) is 13.2 Å². The van der Waals surface area contributed by atoms with Crippen LogP contribution in [0.25, 0.3) is 0 Å². The van der Waals surface area contributed by atoms with Gasteiger partial charge in [-0.2, -0.15) is 13.2 Å². The van der Waals surface area contributed by atoms with Gasteiger partial charge in [0.05, 0.1) is 12.8 Å². The minimum absolute atomic E-state index is 0.0417. The number of alkyl halides is 3. The van der Waals surface area contributed by atoms with Gasteiger partial charge in [-0.15, -0.1) is 0 Å². The van der Waals surface area contributed by atoms with E-state index in [1.165, 1.54) is 13.2 Å². The molecule has 2 N–H and O–H groups in total. The zero-order valence-electron chi connectivity index (χ0n) is 13.4. The number of aromatic nitrogens is 2. The van der Waals surface area contributed by atoms with Crippen molar-refractivity contribution in [2.45, 2.75) is 25.7 Å². The van der Waals surface area contributed by atoms with Crippen molar-refractivity contribution in [1.82, 2.24) is 14.9 Å². The number of aromatic hydroxyl groups is 1. The van der Waals surface area contributed by atoms with Crippen LogP contribution >= 0.6 is 0 Å². The van der Waals surface area contributed by atoms with Gasteiger partial charge in [-0.25, -0.2) is 4.98 Å². The first-order chi connectivity index (χ1) is 11.8. The van der Waals surface area contributed by atoms with Crippen molar-refractivity contribution < 1.29 is 23.0 Å². The SMILES string of the molecule is COc1ccc(CN2CCc3c(nc(C(F)(F)F)[nH]c3=O)C2)c(O)c1. The zero-order chi connectivity index (χ0) is 18.2. The highest BCUT2D eigenvalue weighted by molar-refractivity contribution is 5.39. The van der Waals surface area contributed by atoms with E-state index in [1.807, 2.05) is 4.90 Å². The number of nitrogens with zero attached hydrogens (tertiary/aromatic N) is 2. The van der Waals surface area contributed by atoms with Crippen molar-refractivity contribution in [2.24, 2.45) is 0 Å². The third kappa shape index (κ3) is 3.60. The average molecular weight is 355 g/mol. The number of benzene rings is 1. The van der Waals surface area contributed by atoms with Crippen molar-refractivity contribution in [3.8, 4) is 11.5 Å². The smallest absolute Gasteiger partial charge is 0.449 e. The van der Waals surface area contributed by atoms with Gasteiger partial charge in [0, 0.05) is 36.8 Å². The third-order valence-electron chi connectivity index (χ3n) is 4.11. The Labute approximate surface area is 140 Å². The second-order valence-electron chi connectivity index (χ2n) is 5.79. The van der Waals surface area contributed by atoms with Crippen LogP contribution in [-0.2, 0) is 25.7 Å². The minimum atomic E-state index is -4.70. The molecule has 0 saturated carbocycles. The van der Waals surface area contributed by atoms with Crippen molar-refractivity contribution in [3.05, 3.63) is 51.2 Å². The number of methoxy groups -OCH3 is 1. The second kappa shape index (κ2) is 6.40. The lowest BCUT2D eigenvalue weighted by Crippen LogP contribution is -2.36. The van der Waals surface area contributed by atoms with E-state index in [-0.39, 0.29) is 23.6 Å². The van der Waals surface area contributed by atoms with Gasteiger partial charge in [-0.3, -0.25) is 9.69 Å². The third-order valence-corrected chi connectivity index (χ3v) is 4.11. The second-order valence-corrected chi connectivity index (χ2v) is 5.79. The van der Waals surface area contributed by atoms with Crippen LogP contribution in [0.1, 0.15) is 22.6 Å². The fourth-order valence-corrected chi connectivity index (χ4v) is 2.81. The normalized spacial score (nSPS) is 15.0. The number of phenolic OH excluding ortho intramolecular Hbond substituents is 1. The first-order valence-electron chi connectivity index (χ1n) is 7.55. The molecule has 3 rings (SSSR count). The summed E-state index contributed by atoms with van der Waals surface area (Å²) in [4.78, 5) is 19.1. The van der Waals surface area contributed by atoms with E-state index in [9.17, 15) is 23.1 Å². The standard InChI is InChI=1S/C16H16F3N3O3/c1-25-10-3-2-9(13(23)6-10)7-22-5-4-11-12(8-22)20-15(16(17,18)19)21-14(11)24/h2-3,6,23H,4-5,7-8H2,1H3,(H,20,21,24). The number of halogens is 3. The molecule has 134 valence electrons. The van der Waals surface area contributed by atoms with Crippen LogP contribution in [0.15, 0.2) is 23.0 Å². The Kier molecular flexibility index (Phi) is 4.42. The molecule has 0 radical (unpaired) electrons. The molecule has 6 nitrogen and oxygen atoms in total. The topological polar surface area (TPSA) is 78.5 Å². The average Bonchev–Trinajstić information content (AvgIpc) is 2.55. The number of rotatable bonds is 3. The van der Waals surface area contributed by atoms with Gasteiger partial charge in [-0.05, 0) is 12.5 Å². The number of hydrogen-bond acceptors (Lipinski definition) is 5. The predicted molar refractivity (Wildman–Crippen MR) is 82.3 cm³/mol. The summed E-state index contributed by atoms with van der Waals surface area (Å²) in [6.07, 6.45) is -4.41. The number of phenols is 1. The molecular weight excluding hydrogens is 339 g/mol. The number of fused-ring (bicyclic) bond motifs is 1. The Morgan fingerprint density at radius 1 is 1.40 bits per heavy atom. The highest BCUT2D eigenvalue weighted by Crippen LogP contribution is 2.28. The van der Waals surface area contributed by atoms with E-state index >= 15 is 0 Å². The molecule has 0 atom stereocenters. The Morgan fingerprint density at radius 2 is 2.16 bits per heavy atom. The fourth-order valence-electron chi connectivity index (χ4n) is 2.81. The molecule has 25 heavy (non-hydrogen) atoms. The van der Waals surface area contributed by atoms with Crippen LogP contribution in [0.2, 0.25) is 0 Å². The lowest BCUT2D eigenvalue weighted by Gasteiger charge is -2.28. The number of H-pyrrole nitrogens is 1. The molecule has 1 aliphatic heterocycles. The molecule has 9 heteroatoms. The van der Waals surface area contributed by atoms with E-state index in [0.29, 0.717) is 30.8 Å². The molecule has 2 heterocycles. The number of aromatic amines is 1. The summed E-state index contributed by atoms with van der Waals surface area (Å²) in [5, 5.41) is 10.0. The van der Waals surface area contributed by atoms with Crippen molar-refractivity contribution in [3.63, 3.8) is 0 Å². The molecule has 0 saturated heterocycles. The minimum Gasteiger partial charge on any atom is -0.507 e. The van der Waals surface area contributed by atoms with Gasteiger partial charge in [0.1, 0.15) is 11.5 Å². The summed E-state index contributed by atoms with van der Waals surface area (Å²) < 4.78 is 43.5. The molecular formula is C16H16F3N3O3. The zero-order valence-corrected chi connectivity index (χ0v) is 13.4. The van der Waals surface area contributed by atoms with Crippen molar-refractivity contribution in [1.29, 1.82) is 0 Å². The molecule has 1 aromatic heterocycles. The Bertz CT molecular complexity index is 849. The van der Waals surface area contributed by atoms with E-state index in [1.54, 1.807) is 17.1 Å². The fraction of sp³-hybridized carbons (Fsp3) is 0.375. The van der Waals surface area contributed by atoms with E-state index in [2.05, 4.69) is 4.98 Å². The van der Waals surface area contributed by atoms with E-state index < -0.39 is 17.6 Å². The van der Waals surface area contributed by atoms with Crippen LogP contribution in [0.5, 0.6) is 11.5 Å². The maximum absolute atomic E-state index is 12.8. The molecule has 0 unspecified atom stereocenters. The lowest BCUT2D eigenvalue weighted by molar-refractivity contribution is -0.145. The van der Waals surface area contributed by atoms with Crippen LogP contribution < -0.4 is 10.3 Å². The summed E-state index contributed by atoms with van der Waals surface area (Å²) in [6.45, 7) is 0.910. The summed E-state index contributed by atoms with van der Waals surface area (Å²) in [6, 6.07) is 4.85.